The second-order valence-corrected chi connectivity index (χ2v) is 7.05. The normalized spacial score (nSPS) is 11.5. The van der Waals surface area contributed by atoms with Crippen molar-refractivity contribution in [1.29, 1.82) is 0 Å². The summed E-state index contributed by atoms with van der Waals surface area (Å²) in [7, 11) is 1.63. The summed E-state index contributed by atoms with van der Waals surface area (Å²) in [5.74, 6) is 0.706. The molecule has 3 aromatic carbocycles. The molecule has 1 heterocycles. The highest BCUT2D eigenvalue weighted by molar-refractivity contribution is 7.20. The molecule has 27 heavy (non-hydrogen) atoms. The maximum Gasteiger partial charge on any atom is 0.196 e. The van der Waals surface area contributed by atoms with E-state index < -0.39 is 0 Å². The molecule has 0 aliphatic carbocycles. The second kappa shape index (κ2) is 7.56. The molecule has 0 bridgehead atoms. The molecule has 4 aromatic rings. The average molecular weight is 371 g/mol. The molecule has 0 aliphatic heterocycles. The number of benzene rings is 3. The first-order valence-corrected chi connectivity index (χ1v) is 9.38. The molecule has 0 saturated heterocycles. The smallest absolute Gasteiger partial charge is 0.196 e. The number of para-hydroxylation sites is 1. The van der Waals surface area contributed by atoms with E-state index in [0.717, 1.165) is 21.5 Å². The van der Waals surface area contributed by atoms with Gasteiger partial charge in [0, 0.05) is 5.56 Å². The highest BCUT2D eigenvalue weighted by Gasteiger charge is 2.18. The standard InChI is InChI=1S/C23H17NO2S/c1-26-18-11-7-8-16(14-18)15-19(22(25)17-9-3-2-4-10-17)23-24-20-12-5-6-13-21(20)27-23/h2-15H,1H3/b19-15-. The van der Waals surface area contributed by atoms with Crippen molar-refractivity contribution in [1.82, 2.24) is 4.98 Å². The Labute approximate surface area is 161 Å². The predicted octanol–water partition coefficient (Wildman–Crippen LogP) is 5.73. The molecular weight excluding hydrogens is 354 g/mol. The van der Waals surface area contributed by atoms with Crippen molar-refractivity contribution in [2.75, 3.05) is 7.11 Å². The minimum atomic E-state index is -0.0440. The molecule has 4 rings (SSSR count). The molecule has 0 aliphatic rings. The molecule has 0 atom stereocenters. The van der Waals surface area contributed by atoms with Gasteiger partial charge in [-0.25, -0.2) is 4.98 Å². The molecule has 0 spiro atoms. The molecule has 0 radical (unpaired) electrons. The van der Waals surface area contributed by atoms with E-state index in [1.807, 2.05) is 84.9 Å². The lowest BCUT2D eigenvalue weighted by Gasteiger charge is -2.06. The number of fused-ring (bicyclic) bond motifs is 1. The molecule has 1 aromatic heterocycles. The van der Waals surface area contributed by atoms with Gasteiger partial charge in [-0.15, -0.1) is 11.3 Å². The zero-order valence-corrected chi connectivity index (χ0v) is 15.6. The van der Waals surface area contributed by atoms with Crippen LogP contribution in [0.4, 0.5) is 0 Å². The third-order valence-electron chi connectivity index (χ3n) is 4.21. The minimum Gasteiger partial charge on any atom is -0.497 e. The summed E-state index contributed by atoms with van der Waals surface area (Å²) >= 11 is 1.53. The topological polar surface area (TPSA) is 39.2 Å². The molecule has 0 N–H and O–H groups in total. The molecule has 3 nitrogen and oxygen atoms in total. The quantitative estimate of drug-likeness (QED) is 0.332. The van der Waals surface area contributed by atoms with Crippen molar-refractivity contribution in [2.45, 2.75) is 0 Å². The maximum atomic E-state index is 13.2. The fourth-order valence-electron chi connectivity index (χ4n) is 2.85. The van der Waals surface area contributed by atoms with E-state index in [1.54, 1.807) is 7.11 Å². The molecule has 132 valence electrons. The number of carbonyl (C=O) groups excluding carboxylic acids is 1. The molecule has 0 amide bonds. The van der Waals surface area contributed by atoms with Gasteiger partial charge in [0.15, 0.2) is 5.78 Å². The Morgan fingerprint density at radius 1 is 0.963 bits per heavy atom. The average Bonchev–Trinajstić information content (AvgIpc) is 3.16. The number of methoxy groups -OCH3 is 1. The first-order chi connectivity index (χ1) is 13.2. The predicted molar refractivity (Wildman–Crippen MR) is 111 cm³/mol. The monoisotopic (exact) mass is 371 g/mol. The van der Waals surface area contributed by atoms with Crippen LogP contribution in [0.25, 0.3) is 21.9 Å². The summed E-state index contributed by atoms with van der Waals surface area (Å²) in [6, 6.07) is 24.9. The van der Waals surface area contributed by atoms with E-state index >= 15 is 0 Å². The zero-order chi connectivity index (χ0) is 18.6. The van der Waals surface area contributed by atoms with Crippen molar-refractivity contribution >= 4 is 39.0 Å². The highest BCUT2D eigenvalue weighted by Crippen LogP contribution is 2.31. The number of ketones is 1. The van der Waals surface area contributed by atoms with Gasteiger partial charge in [-0.05, 0) is 35.9 Å². The fraction of sp³-hybridized carbons (Fsp3) is 0.0435. The Hall–Kier alpha value is -3.24. The van der Waals surface area contributed by atoms with E-state index in [-0.39, 0.29) is 5.78 Å². The number of ether oxygens (including phenoxy) is 1. The fourth-order valence-corrected chi connectivity index (χ4v) is 3.83. The van der Waals surface area contributed by atoms with Crippen molar-refractivity contribution < 1.29 is 9.53 Å². The van der Waals surface area contributed by atoms with Gasteiger partial charge in [-0.3, -0.25) is 4.79 Å². The molecule has 0 saturated carbocycles. The van der Waals surface area contributed by atoms with Gasteiger partial charge in [0.1, 0.15) is 10.8 Å². The largest absolute Gasteiger partial charge is 0.497 e. The number of hydrogen-bond acceptors (Lipinski definition) is 4. The first-order valence-electron chi connectivity index (χ1n) is 8.56. The lowest BCUT2D eigenvalue weighted by molar-refractivity contribution is 0.105. The number of Topliss-reactive ketones (excluding diaryl/α,β-unsaturated/α-hetero) is 1. The Balaban J connectivity index is 1.86. The van der Waals surface area contributed by atoms with Crippen LogP contribution >= 0.6 is 11.3 Å². The second-order valence-electron chi connectivity index (χ2n) is 6.02. The van der Waals surface area contributed by atoms with Crippen LogP contribution in [0, 0.1) is 0 Å². The number of allylic oxidation sites excluding steroid dienone is 1. The molecular formula is C23H17NO2S. The van der Waals surface area contributed by atoms with Crippen LogP contribution in [0.15, 0.2) is 78.9 Å². The van der Waals surface area contributed by atoms with Crippen molar-refractivity contribution in [3.05, 3.63) is 95.0 Å². The summed E-state index contributed by atoms with van der Waals surface area (Å²) in [6.07, 6.45) is 1.88. The minimum absolute atomic E-state index is 0.0440. The van der Waals surface area contributed by atoms with Gasteiger partial charge >= 0.3 is 0 Å². The number of thiazole rings is 1. The van der Waals surface area contributed by atoms with E-state index in [4.69, 9.17) is 9.72 Å². The number of rotatable bonds is 5. The van der Waals surface area contributed by atoms with Gasteiger partial charge in [0.05, 0.1) is 22.9 Å². The Morgan fingerprint density at radius 3 is 2.52 bits per heavy atom. The van der Waals surface area contributed by atoms with Crippen LogP contribution in [-0.2, 0) is 0 Å². The summed E-state index contributed by atoms with van der Waals surface area (Å²) in [5, 5.41) is 0.716. The van der Waals surface area contributed by atoms with E-state index in [1.165, 1.54) is 11.3 Å². The van der Waals surface area contributed by atoms with Crippen LogP contribution in [0.3, 0.4) is 0 Å². The van der Waals surface area contributed by atoms with Crippen molar-refractivity contribution in [2.24, 2.45) is 0 Å². The van der Waals surface area contributed by atoms with Crippen LogP contribution in [-0.4, -0.2) is 17.9 Å². The van der Waals surface area contributed by atoms with Crippen LogP contribution < -0.4 is 4.74 Å². The van der Waals surface area contributed by atoms with Gasteiger partial charge in [-0.1, -0.05) is 54.6 Å². The van der Waals surface area contributed by atoms with Gasteiger partial charge in [0.25, 0.3) is 0 Å². The van der Waals surface area contributed by atoms with Crippen LogP contribution in [0.2, 0.25) is 0 Å². The SMILES string of the molecule is COc1cccc(/C=C(/C(=O)c2ccccc2)c2nc3ccccc3s2)c1. The van der Waals surface area contributed by atoms with Crippen LogP contribution in [0.5, 0.6) is 5.75 Å². The lowest BCUT2D eigenvalue weighted by atomic mass is 10.0. The third-order valence-corrected chi connectivity index (χ3v) is 5.28. The number of aromatic nitrogens is 1. The first kappa shape index (κ1) is 17.2. The van der Waals surface area contributed by atoms with Gasteiger partial charge in [-0.2, -0.15) is 0 Å². The lowest BCUT2D eigenvalue weighted by Crippen LogP contribution is -2.02. The zero-order valence-electron chi connectivity index (χ0n) is 14.8. The highest BCUT2D eigenvalue weighted by atomic mass is 32.1. The maximum absolute atomic E-state index is 13.2. The van der Waals surface area contributed by atoms with Crippen molar-refractivity contribution in [3.63, 3.8) is 0 Å². The Kier molecular flexibility index (Phi) is 4.81. The van der Waals surface area contributed by atoms with E-state index in [9.17, 15) is 4.79 Å². The van der Waals surface area contributed by atoms with Gasteiger partial charge in [0.2, 0.25) is 0 Å². The molecule has 4 heteroatoms. The third kappa shape index (κ3) is 3.66. The number of carbonyl (C=O) groups is 1. The summed E-state index contributed by atoms with van der Waals surface area (Å²) in [5.41, 5.74) is 3.02. The van der Waals surface area contributed by atoms with Crippen molar-refractivity contribution in [3.8, 4) is 5.75 Å². The summed E-state index contributed by atoms with van der Waals surface area (Å²) < 4.78 is 6.37. The molecule has 0 unspecified atom stereocenters. The Morgan fingerprint density at radius 2 is 1.74 bits per heavy atom. The molecule has 0 fully saturated rings. The Bertz CT molecular complexity index is 1100. The number of nitrogens with zero attached hydrogens (tertiary/aromatic N) is 1. The van der Waals surface area contributed by atoms with E-state index in [2.05, 4.69) is 0 Å². The summed E-state index contributed by atoms with van der Waals surface area (Å²) in [4.78, 5) is 17.9. The summed E-state index contributed by atoms with van der Waals surface area (Å²) in [6.45, 7) is 0. The number of hydrogen-bond donors (Lipinski definition) is 0. The van der Waals surface area contributed by atoms with Gasteiger partial charge < -0.3 is 4.74 Å². The van der Waals surface area contributed by atoms with E-state index in [0.29, 0.717) is 16.1 Å². The van der Waals surface area contributed by atoms with Crippen LogP contribution in [0.1, 0.15) is 20.9 Å².